The van der Waals surface area contributed by atoms with E-state index in [1.807, 2.05) is 0 Å². The fourth-order valence-corrected chi connectivity index (χ4v) is 1.48. The largest absolute Gasteiger partial charge is 0.399 e. The Balaban J connectivity index is 2.58. The maximum absolute atomic E-state index is 13.0. The highest BCUT2D eigenvalue weighted by atomic mass is 19.1. The van der Waals surface area contributed by atoms with Gasteiger partial charge in [-0.1, -0.05) is 12.1 Å². The molecule has 3 heteroatoms. The van der Waals surface area contributed by atoms with Gasteiger partial charge in [-0.25, -0.2) is 4.39 Å². The molecule has 2 nitrogen and oxygen atoms in total. The van der Waals surface area contributed by atoms with Crippen LogP contribution in [0.2, 0.25) is 0 Å². The zero-order valence-electron chi connectivity index (χ0n) is 8.07. The molecule has 0 aliphatic rings. The second kappa shape index (κ2) is 3.61. The molecule has 0 atom stereocenters. The first-order chi connectivity index (χ1) is 7.16. The lowest BCUT2D eigenvalue weighted by Gasteiger charge is -2.06. The lowest BCUT2D eigenvalue weighted by Crippen LogP contribution is -1.93. The van der Waals surface area contributed by atoms with Gasteiger partial charge in [0.25, 0.3) is 0 Å². The predicted molar refractivity (Wildman–Crippen MR) is 60.7 cm³/mol. The minimum atomic E-state index is -0.283. The van der Waals surface area contributed by atoms with Crippen LogP contribution in [0, 0.1) is 5.82 Å². The van der Waals surface area contributed by atoms with Crippen LogP contribution in [-0.4, -0.2) is 0 Å². The highest BCUT2D eigenvalue weighted by molar-refractivity contribution is 5.79. The van der Waals surface area contributed by atoms with Crippen LogP contribution in [0.15, 0.2) is 42.5 Å². The summed E-state index contributed by atoms with van der Waals surface area (Å²) in [4.78, 5) is 0. The van der Waals surface area contributed by atoms with Crippen molar-refractivity contribution in [2.24, 2.45) is 0 Å². The van der Waals surface area contributed by atoms with Crippen molar-refractivity contribution in [3.05, 3.63) is 48.3 Å². The van der Waals surface area contributed by atoms with E-state index in [4.69, 9.17) is 11.5 Å². The van der Waals surface area contributed by atoms with Gasteiger partial charge in [0.15, 0.2) is 0 Å². The minimum Gasteiger partial charge on any atom is -0.399 e. The van der Waals surface area contributed by atoms with Crippen molar-refractivity contribution in [1.82, 2.24) is 0 Å². The third-order valence-corrected chi connectivity index (χ3v) is 2.21. The predicted octanol–water partition coefficient (Wildman–Crippen LogP) is 2.66. The van der Waals surface area contributed by atoms with Gasteiger partial charge in [-0.3, -0.25) is 0 Å². The van der Waals surface area contributed by atoms with Crippen molar-refractivity contribution in [3.63, 3.8) is 0 Å². The van der Waals surface area contributed by atoms with E-state index in [9.17, 15) is 4.39 Å². The average Bonchev–Trinajstić information content (AvgIpc) is 2.22. The van der Waals surface area contributed by atoms with Gasteiger partial charge in [0, 0.05) is 16.9 Å². The second-order valence-electron chi connectivity index (χ2n) is 3.36. The maximum Gasteiger partial charge on any atom is 0.123 e. The number of nitrogens with two attached hydrogens (primary N) is 2. The van der Waals surface area contributed by atoms with Crippen LogP contribution in [0.1, 0.15) is 0 Å². The molecule has 0 radical (unpaired) electrons. The third-order valence-electron chi connectivity index (χ3n) is 2.21. The van der Waals surface area contributed by atoms with Crippen LogP contribution < -0.4 is 11.5 Å². The molecule has 0 amide bonds. The Kier molecular flexibility index (Phi) is 2.29. The molecule has 0 saturated heterocycles. The molecular formula is C12H11FN2. The molecule has 0 unspecified atom stereocenters. The van der Waals surface area contributed by atoms with Gasteiger partial charge in [-0.2, -0.15) is 0 Å². The molecule has 15 heavy (non-hydrogen) atoms. The topological polar surface area (TPSA) is 52.0 Å². The van der Waals surface area contributed by atoms with E-state index < -0.39 is 0 Å². The molecule has 0 aliphatic carbocycles. The summed E-state index contributed by atoms with van der Waals surface area (Å²) in [7, 11) is 0. The normalized spacial score (nSPS) is 10.2. The number of anilines is 2. The average molecular weight is 202 g/mol. The van der Waals surface area contributed by atoms with E-state index >= 15 is 0 Å². The van der Waals surface area contributed by atoms with E-state index in [0.29, 0.717) is 11.4 Å². The van der Waals surface area contributed by atoms with Gasteiger partial charge in [0.2, 0.25) is 0 Å². The van der Waals surface area contributed by atoms with Crippen LogP contribution in [0.3, 0.4) is 0 Å². The van der Waals surface area contributed by atoms with Gasteiger partial charge in [-0.05, 0) is 35.9 Å². The number of benzene rings is 2. The first kappa shape index (κ1) is 9.52. The summed E-state index contributed by atoms with van der Waals surface area (Å²) in [6.45, 7) is 0. The quantitative estimate of drug-likeness (QED) is 0.698. The van der Waals surface area contributed by atoms with Gasteiger partial charge >= 0.3 is 0 Å². The number of hydrogen-bond donors (Lipinski definition) is 2. The highest BCUT2D eigenvalue weighted by Gasteiger charge is 2.03. The van der Waals surface area contributed by atoms with E-state index in [2.05, 4.69) is 0 Å². The van der Waals surface area contributed by atoms with Gasteiger partial charge in [0.05, 0.1) is 0 Å². The van der Waals surface area contributed by atoms with Crippen molar-refractivity contribution >= 4 is 11.4 Å². The molecule has 76 valence electrons. The fraction of sp³-hybridized carbons (Fsp3) is 0. The summed E-state index contributed by atoms with van der Waals surface area (Å²) in [5.74, 6) is -0.283. The number of nitrogen functional groups attached to an aromatic ring is 2. The molecule has 0 bridgehead atoms. The Morgan fingerprint density at radius 3 is 2.47 bits per heavy atom. The number of halogens is 1. The summed E-state index contributed by atoms with van der Waals surface area (Å²) in [5, 5.41) is 0. The molecule has 2 aromatic carbocycles. The maximum atomic E-state index is 13.0. The summed E-state index contributed by atoms with van der Waals surface area (Å²) in [5.41, 5.74) is 14.1. The smallest absolute Gasteiger partial charge is 0.123 e. The summed E-state index contributed by atoms with van der Waals surface area (Å²) >= 11 is 0. The van der Waals surface area contributed by atoms with E-state index in [1.165, 1.54) is 12.1 Å². The van der Waals surface area contributed by atoms with Crippen LogP contribution in [0.4, 0.5) is 15.8 Å². The number of hydrogen-bond acceptors (Lipinski definition) is 2. The Bertz CT molecular complexity index is 495. The molecule has 0 aromatic heterocycles. The van der Waals surface area contributed by atoms with Gasteiger partial charge in [0.1, 0.15) is 5.82 Å². The van der Waals surface area contributed by atoms with Crippen molar-refractivity contribution in [2.75, 3.05) is 11.5 Å². The fourth-order valence-electron chi connectivity index (χ4n) is 1.48. The lowest BCUT2D eigenvalue weighted by atomic mass is 10.0. The minimum absolute atomic E-state index is 0.283. The highest BCUT2D eigenvalue weighted by Crippen LogP contribution is 2.28. The molecule has 4 N–H and O–H groups in total. The van der Waals surface area contributed by atoms with Gasteiger partial charge < -0.3 is 11.5 Å². The van der Waals surface area contributed by atoms with Crippen molar-refractivity contribution in [3.8, 4) is 11.1 Å². The Labute approximate surface area is 87.3 Å². The van der Waals surface area contributed by atoms with E-state index in [0.717, 1.165) is 11.1 Å². The molecule has 0 saturated carbocycles. The van der Waals surface area contributed by atoms with Crippen molar-refractivity contribution < 1.29 is 4.39 Å². The summed E-state index contributed by atoms with van der Waals surface area (Å²) in [6.07, 6.45) is 0. The van der Waals surface area contributed by atoms with Crippen molar-refractivity contribution in [1.29, 1.82) is 0 Å². The zero-order chi connectivity index (χ0) is 10.8. The number of rotatable bonds is 1. The van der Waals surface area contributed by atoms with E-state index in [1.54, 1.807) is 30.3 Å². The summed E-state index contributed by atoms with van der Waals surface area (Å²) in [6, 6.07) is 11.5. The van der Waals surface area contributed by atoms with Crippen LogP contribution in [0.25, 0.3) is 11.1 Å². The van der Waals surface area contributed by atoms with Gasteiger partial charge in [-0.15, -0.1) is 0 Å². The third kappa shape index (κ3) is 1.91. The molecule has 2 aromatic rings. The first-order valence-corrected chi connectivity index (χ1v) is 4.58. The SMILES string of the molecule is Nc1ccc(N)c(-c2cccc(F)c2)c1. The van der Waals surface area contributed by atoms with Crippen LogP contribution in [0.5, 0.6) is 0 Å². The monoisotopic (exact) mass is 202 g/mol. The molecule has 0 spiro atoms. The Hall–Kier alpha value is -2.03. The second-order valence-corrected chi connectivity index (χ2v) is 3.36. The molecule has 0 heterocycles. The molecule has 0 fully saturated rings. The van der Waals surface area contributed by atoms with Crippen molar-refractivity contribution in [2.45, 2.75) is 0 Å². The molecular weight excluding hydrogens is 191 g/mol. The molecule has 2 rings (SSSR count). The Morgan fingerprint density at radius 1 is 0.933 bits per heavy atom. The molecule has 0 aliphatic heterocycles. The zero-order valence-corrected chi connectivity index (χ0v) is 8.07. The summed E-state index contributed by atoms with van der Waals surface area (Å²) < 4.78 is 13.0. The van der Waals surface area contributed by atoms with Crippen LogP contribution >= 0.6 is 0 Å². The van der Waals surface area contributed by atoms with E-state index in [-0.39, 0.29) is 5.82 Å². The van der Waals surface area contributed by atoms with Crippen LogP contribution in [-0.2, 0) is 0 Å². The Morgan fingerprint density at radius 2 is 1.73 bits per heavy atom. The first-order valence-electron chi connectivity index (χ1n) is 4.58. The lowest BCUT2D eigenvalue weighted by molar-refractivity contribution is 0.628. The standard InChI is InChI=1S/C12H11FN2/c13-9-3-1-2-8(6-9)11-7-10(14)4-5-12(11)15/h1-7H,14-15H2.